The second-order valence-electron chi connectivity index (χ2n) is 3.20. The fraction of sp³-hybridized carbons (Fsp3) is 0.600. The van der Waals surface area contributed by atoms with Gasteiger partial charge in [-0.1, -0.05) is 6.92 Å². The molecule has 0 fully saturated rings. The van der Waals surface area contributed by atoms with E-state index in [-0.39, 0.29) is 5.38 Å². The standard InChI is InChI=1S/C10H15ClN2/c1-5-9-7(3)12-10(6(2)11)13-8(9)4/h6H,5H2,1-4H3. The molecule has 0 aliphatic heterocycles. The number of alkyl halides is 1. The SMILES string of the molecule is CCc1c(C)nc(C(C)Cl)nc1C. The molecule has 1 rings (SSSR count). The molecule has 0 radical (unpaired) electrons. The van der Waals surface area contributed by atoms with E-state index >= 15 is 0 Å². The van der Waals surface area contributed by atoms with Gasteiger partial charge in [-0.15, -0.1) is 11.6 Å². The van der Waals surface area contributed by atoms with Crippen LogP contribution in [0.4, 0.5) is 0 Å². The van der Waals surface area contributed by atoms with E-state index in [1.165, 1.54) is 5.56 Å². The normalized spacial score (nSPS) is 13.0. The summed E-state index contributed by atoms with van der Waals surface area (Å²) in [5.41, 5.74) is 3.34. The number of aromatic nitrogens is 2. The second-order valence-corrected chi connectivity index (χ2v) is 3.86. The minimum absolute atomic E-state index is 0.108. The average molecular weight is 199 g/mol. The molecule has 0 saturated carbocycles. The quantitative estimate of drug-likeness (QED) is 0.683. The van der Waals surface area contributed by atoms with Crippen molar-refractivity contribution in [2.24, 2.45) is 0 Å². The highest BCUT2D eigenvalue weighted by atomic mass is 35.5. The summed E-state index contributed by atoms with van der Waals surface area (Å²) in [5, 5.41) is -0.108. The second kappa shape index (κ2) is 4.05. The lowest BCUT2D eigenvalue weighted by molar-refractivity contribution is 0.844. The highest BCUT2D eigenvalue weighted by Gasteiger charge is 2.09. The van der Waals surface area contributed by atoms with Crippen molar-refractivity contribution in [1.29, 1.82) is 0 Å². The first-order valence-corrected chi connectivity index (χ1v) is 4.98. The zero-order valence-electron chi connectivity index (χ0n) is 8.56. The topological polar surface area (TPSA) is 25.8 Å². The molecule has 13 heavy (non-hydrogen) atoms. The Kier molecular flexibility index (Phi) is 3.26. The van der Waals surface area contributed by atoms with Crippen LogP contribution in [0, 0.1) is 13.8 Å². The molecule has 72 valence electrons. The lowest BCUT2D eigenvalue weighted by atomic mass is 10.1. The van der Waals surface area contributed by atoms with Crippen LogP contribution in [-0.4, -0.2) is 9.97 Å². The van der Waals surface area contributed by atoms with Gasteiger partial charge < -0.3 is 0 Å². The van der Waals surface area contributed by atoms with E-state index in [0.29, 0.717) is 0 Å². The molecule has 1 unspecified atom stereocenters. The van der Waals surface area contributed by atoms with Crippen LogP contribution in [0.5, 0.6) is 0 Å². The molecule has 0 aliphatic rings. The van der Waals surface area contributed by atoms with Crippen molar-refractivity contribution in [3.05, 3.63) is 22.8 Å². The van der Waals surface area contributed by atoms with Crippen LogP contribution in [0.25, 0.3) is 0 Å². The molecule has 0 amide bonds. The predicted octanol–water partition coefficient (Wildman–Crippen LogP) is 2.96. The molecule has 0 spiro atoms. The summed E-state index contributed by atoms with van der Waals surface area (Å²) in [6, 6.07) is 0. The Bertz CT molecular complexity index is 285. The third-order valence-corrected chi connectivity index (χ3v) is 2.34. The number of hydrogen-bond acceptors (Lipinski definition) is 2. The number of halogens is 1. The molecule has 3 heteroatoms. The van der Waals surface area contributed by atoms with Gasteiger partial charge >= 0.3 is 0 Å². The molecule has 2 nitrogen and oxygen atoms in total. The van der Waals surface area contributed by atoms with E-state index in [1.54, 1.807) is 0 Å². The van der Waals surface area contributed by atoms with Crippen LogP contribution in [0.2, 0.25) is 0 Å². The molecule has 0 bridgehead atoms. The third kappa shape index (κ3) is 2.19. The highest BCUT2D eigenvalue weighted by molar-refractivity contribution is 6.20. The first-order valence-electron chi connectivity index (χ1n) is 4.54. The van der Waals surface area contributed by atoms with Crippen molar-refractivity contribution in [2.75, 3.05) is 0 Å². The summed E-state index contributed by atoms with van der Waals surface area (Å²) < 4.78 is 0. The molecule has 1 atom stereocenters. The molecule has 0 N–H and O–H groups in total. The third-order valence-electron chi connectivity index (χ3n) is 2.15. The molecule has 1 aromatic rings. The van der Waals surface area contributed by atoms with Crippen molar-refractivity contribution in [1.82, 2.24) is 9.97 Å². The summed E-state index contributed by atoms with van der Waals surface area (Å²) in [7, 11) is 0. The fourth-order valence-corrected chi connectivity index (χ4v) is 1.55. The summed E-state index contributed by atoms with van der Waals surface area (Å²) >= 11 is 5.92. The summed E-state index contributed by atoms with van der Waals surface area (Å²) in [6.45, 7) is 8.02. The molecule has 1 aromatic heterocycles. The van der Waals surface area contributed by atoms with E-state index in [4.69, 9.17) is 11.6 Å². The van der Waals surface area contributed by atoms with Crippen molar-refractivity contribution >= 4 is 11.6 Å². The van der Waals surface area contributed by atoms with E-state index < -0.39 is 0 Å². The van der Waals surface area contributed by atoms with Crippen LogP contribution in [0.1, 0.15) is 42.0 Å². The van der Waals surface area contributed by atoms with Gasteiger partial charge in [0.25, 0.3) is 0 Å². The first kappa shape index (κ1) is 10.5. The lowest BCUT2D eigenvalue weighted by Gasteiger charge is -2.09. The predicted molar refractivity (Wildman–Crippen MR) is 55.2 cm³/mol. The van der Waals surface area contributed by atoms with Crippen LogP contribution < -0.4 is 0 Å². The van der Waals surface area contributed by atoms with Gasteiger partial charge in [-0.3, -0.25) is 0 Å². The Morgan fingerprint density at radius 3 is 2.00 bits per heavy atom. The number of rotatable bonds is 2. The summed E-state index contributed by atoms with van der Waals surface area (Å²) in [6.07, 6.45) is 0.981. The molecular formula is C10H15ClN2. The first-order chi connectivity index (χ1) is 6.06. The maximum absolute atomic E-state index is 5.92. The van der Waals surface area contributed by atoms with Crippen molar-refractivity contribution in [2.45, 2.75) is 39.5 Å². The highest BCUT2D eigenvalue weighted by Crippen LogP contribution is 2.18. The Morgan fingerprint density at radius 2 is 1.69 bits per heavy atom. The van der Waals surface area contributed by atoms with Gasteiger partial charge in [-0.05, 0) is 32.8 Å². The van der Waals surface area contributed by atoms with Crippen molar-refractivity contribution in [3.8, 4) is 0 Å². The van der Waals surface area contributed by atoms with E-state index in [0.717, 1.165) is 23.6 Å². The van der Waals surface area contributed by atoms with Crippen LogP contribution in [0.3, 0.4) is 0 Å². The van der Waals surface area contributed by atoms with Gasteiger partial charge in [-0.2, -0.15) is 0 Å². The van der Waals surface area contributed by atoms with Gasteiger partial charge in [0.1, 0.15) is 5.82 Å². The molecular weight excluding hydrogens is 184 g/mol. The van der Waals surface area contributed by atoms with E-state index in [1.807, 2.05) is 20.8 Å². The van der Waals surface area contributed by atoms with Gasteiger partial charge in [0.2, 0.25) is 0 Å². The summed E-state index contributed by atoms with van der Waals surface area (Å²) in [5.74, 6) is 0.730. The lowest BCUT2D eigenvalue weighted by Crippen LogP contribution is -2.04. The molecule has 1 heterocycles. The fourth-order valence-electron chi connectivity index (χ4n) is 1.45. The molecule has 0 aliphatic carbocycles. The number of hydrogen-bond donors (Lipinski definition) is 0. The number of nitrogens with zero attached hydrogens (tertiary/aromatic N) is 2. The zero-order valence-corrected chi connectivity index (χ0v) is 9.31. The van der Waals surface area contributed by atoms with E-state index in [9.17, 15) is 0 Å². The van der Waals surface area contributed by atoms with Gasteiger partial charge in [0.15, 0.2) is 0 Å². The minimum Gasteiger partial charge on any atom is -0.236 e. The molecule has 0 saturated heterocycles. The maximum atomic E-state index is 5.92. The van der Waals surface area contributed by atoms with Crippen LogP contribution in [0.15, 0.2) is 0 Å². The van der Waals surface area contributed by atoms with Gasteiger partial charge in [-0.25, -0.2) is 9.97 Å². The zero-order chi connectivity index (χ0) is 10.0. The smallest absolute Gasteiger partial charge is 0.146 e. The largest absolute Gasteiger partial charge is 0.236 e. The van der Waals surface area contributed by atoms with Gasteiger partial charge in [0, 0.05) is 11.4 Å². The molecule has 0 aromatic carbocycles. The maximum Gasteiger partial charge on any atom is 0.146 e. The van der Waals surface area contributed by atoms with Gasteiger partial charge in [0.05, 0.1) is 5.38 Å². The van der Waals surface area contributed by atoms with Crippen molar-refractivity contribution in [3.63, 3.8) is 0 Å². The minimum atomic E-state index is -0.108. The van der Waals surface area contributed by atoms with E-state index in [2.05, 4.69) is 16.9 Å². The Balaban J connectivity index is 3.20. The Labute approximate surface area is 84.4 Å². The average Bonchev–Trinajstić information content (AvgIpc) is 2.03. The Hall–Kier alpha value is -0.630. The van der Waals surface area contributed by atoms with Crippen LogP contribution >= 0.6 is 11.6 Å². The van der Waals surface area contributed by atoms with Crippen molar-refractivity contribution < 1.29 is 0 Å². The summed E-state index contributed by atoms with van der Waals surface area (Å²) in [4.78, 5) is 8.72. The number of aryl methyl sites for hydroxylation is 2. The monoisotopic (exact) mass is 198 g/mol. The van der Waals surface area contributed by atoms with Crippen LogP contribution in [-0.2, 0) is 6.42 Å². The Morgan fingerprint density at radius 1 is 1.23 bits per heavy atom.